The number of hydrogen-bond donors (Lipinski definition) is 2. The molecule has 0 spiro atoms. The lowest BCUT2D eigenvalue weighted by Crippen LogP contribution is -2.73. The van der Waals surface area contributed by atoms with Crippen LogP contribution < -0.4 is 10.6 Å². The zero-order valence-electron chi connectivity index (χ0n) is 10.0. The molecule has 0 aliphatic carbocycles. The molecule has 1 aliphatic rings. The van der Waals surface area contributed by atoms with E-state index in [1.54, 1.807) is 20.8 Å². The fraction of sp³-hybridized carbons (Fsp3) is 0.800. The van der Waals surface area contributed by atoms with E-state index >= 15 is 0 Å². The van der Waals surface area contributed by atoms with Crippen LogP contribution in [0.2, 0.25) is 0 Å². The summed E-state index contributed by atoms with van der Waals surface area (Å²) < 4.78 is 9.72. The Morgan fingerprint density at radius 2 is 1.88 bits per heavy atom. The van der Waals surface area contributed by atoms with E-state index in [2.05, 4.69) is 15.4 Å². The number of carbonyl (C=O) groups excluding carboxylic acids is 2. The number of rotatable bonds is 2. The van der Waals surface area contributed by atoms with Crippen LogP contribution in [0, 0.1) is 0 Å². The molecule has 2 N–H and O–H groups in total. The summed E-state index contributed by atoms with van der Waals surface area (Å²) in [6.07, 6.45) is -0.612. The number of hydrogen-bond acceptors (Lipinski definition) is 5. The second-order valence-electron chi connectivity index (χ2n) is 4.80. The summed E-state index contributed by atoms with van der Waals surface area (Å²) in [4.78, 5) is 23.0. The molecule has 1 fully saturated rings. The minimum Gasteiger partial charge on any atom is -0.467 e. The summed E-state index contributed by atoms with van der Waals surface area (Å²) in [6, 6.07) is 0. The molecule has 0 bridgehead atoms. The molecule has 6 nitrogen and oxygen atoms in total. The van der Waals surface area contributed by atoms with Crippen LogP contribution in [0.5, 0.6) is 0 Å². The first-order chi connectivity index (χ1) is 7.29. The van der Waals surface area contributed by atoms with Crippen LogP contribution in [0.3, 0.4) is 0 Å². The van der Waals surface area contributed by atoms with E-state index in [4.69, 9.17) is 4.74 Å². The van der Waals surface area contributed by atoms with Gasteiger partial charge in [-0.25, -0.2) is 9.59 Å². The smallest absolute Gasteiger partial charge is 0.408 e. The number of esters is 1. The number of methoxy groups -OCH3 is 1. The first-order valence-corrected chi connectivity index (χ1v) is 5.09. The van der Waals surface area contributed by atoms with Gasteiger partial charge in [0.25, 0.3) is 0 Å². The van der Waals surface area contributed by atoms with Crippen molar-refractivity contribution in [1.29, 1.82) is 0 Å². The summed E-state index contributed by atoms with van der Waals surface area (Å²) in [5.41, 5.74) is -1.56. The molecule has 1 aliphatic heterocycles. The van der Waals surface area contributed by atoms with Crippen LogP contribution in [-0.4, -0.2) is 43.4 Å². The standard InChI is InChI=1S/C10H18N2O4/c1-9(2,3)16-8(14)12-10(5-11-6-10)7(13)15-4/h11H,5-6H2,1-4H3,(H,12,14). The first-order valence-electron chi connectivity index (χ1n) is 5.09. The predicted octanol–water partition coefficient (Wildman–Crippen LogP) is 0.0261. The zero-order valence-corrected chi connectivity index (χ0v) is 10.0. The zero-order chi connectivity index (χ0) is 12.4. The number of carbonyl (C=O) groups is 2. The van der Waals surface area contributed by atoms with E-state index < -0.39 is 23.2 Å². The van der Waals surface area contributed by atoms with E-state index in [1.807, 2.05) is 0 Å². The summed E-state index contributed by atoms with van der Waals surface area (Å²) >= 11 is 0. The van der Waals surface area contributed by atoms with Crippen molar-refractivity contribution in [2.24, 2.45) is 0 Å². The molecule has 0 aromatic heterocycles. The van der Waals surface area contributed by atoms with E-state index in [0.29, 0.717) is 13.1 Å². The van der Waals surface area contributed by atoms with Crippen LogP contribution in [-0.2, 0) is 14.3 Å². The van der Waals surface area contributed by atoms with Crippen LogP contribution in [0.4, 0.5) is 4.79 Å². The van der Waals surface area contributed by atoms with Gasteiger partial charge in [-0.3, -0.25) is 0 Å². The van der Waals surface area contributed by atoms with Crippen molar-refractivity contribution in [3.05, 3.63) is 0 Å². The van der Waals surface area contributed by atoms with Crippen LogP contribution >= 0.6 is 0 Å². The molecule has 0 saturated carbocycles. The van der Waals surface area contributed by atoms with Gasteiger partial charge in [-0.05, 0) is 20.8 Å². The SMILES string of the molecule is COC(=O)C1(NC(=O)OC(C)(C)C)CNC1. The Balaban J connectivity index is 2.58. The van der Waals surface area contributed by atoms with Crippen LogP contribution in [0.15, 0.2) is 0 Å². The molecule has 6 heteroatoms. The fourth-order valence-electron chi connectivity index (χ4n) is 1.35. The van der Waals surface area contributed by atoms with Crippen molar-refractivity contribution in [3.63, 3.8) is 0 Å². The second kappa shape index (κ2) is 4.29. The molecular weight excluding hydrogens is 212 g/mol. The topological polar surface area (TPSA) is 76.7 Å². The van der Waals surface area contributed by atoms with Crippen LogP contribution in [0.1, 0.15) is 20.8 Å². The Morgan fingerprint density at radius 3 is 2.19 bits per heavy atom. The highest BCUT2D eigenvalue weighted by Crippen LogP contribution is 2.15. The van der Waals surface area contributed by atoms with Crippen molar-refractivity contribution >= 4 is 12.1 Å². The fourth-order valence-corrected chi connectivity index (χ4v) is 1.35. The molecule has 0 radical (unpaired) electrons. The van der Waals surface area contributed by atoms with Gasteiger partial charge in [0, 0.05) is 13.1 Å². The molecule has 1 amide bonds. The molecular formula is C10H18N2O4. The first kappa shape index (κ1) is 12.8. The predicted molar refractivity (Wildman–Crippen MR) is 57.0 cm³/mol. The Labute approximate surface area is 94.7 Å². The highest BCUT2D eigenvalue weighted by atomic mass is 16.6. The quantitative estimate of drug-likeness (QED) is 0.654. The maximum absolute atomic E-state index is 11.5. The van der Waals surface area contributed by atoms with Gasteiger partial charge in [0.1, 0.15) is 5.60 Å². The van der Waals surface area contributed by atoms with Crippen molar-refractivity contribution < 1.29 is 19.1 Å². The molecule has 0 unspecified atom stereocenters. The Morgan fingerprint density at radius 1 is 1.31 bits per heavy atom. The monoisotopic (exact) mass is 230 g/mol. The summed E-state index contributed by atoms with van der Waals surface area (Å²) in [5, 5.41) is 5.45. The van der Waals surface area contributed by atoms with E-state index in [9.17, 15) is 9.59 Å². The van der Waals surface area contributed by atoms with Gasteiger partial charge in [-0.2, -0.15) is 0 Å². The molecule has 16 heavy (non-hydrogen) atoms. The molecule has 1 saturated heterocycles. The Kier molecular flexibility index (Phi) is 3.42. The van der Waals surface area contributed by atoms with E-state index in [-0.39, 0.29) is 0 Å². The van der Waals surface area contributed by atoms with Crippen molar-refractivity contribution in [1.82, 2.24) is 10.6 Å². The van der Waals surface area contributed by atoms with E-state index in [1.165, 1.54) is 7.11 Å². The van der Waals surface area contributed by atoms with Crippen molar-refractivity contribution in [2.75, 3.05) is 20.2 Å². The Bertz CT molecular complexity index is 292. The number of nitrogens with one attached hydrogen (secondary N) is 2. The normalized spacial score (nSPS) is 18.2. The molecule has 1 heterocycles. The van der Waals surface area contributed by atoms with E-state index in [0.717, 1.165) is 0 Å². The van der Waals surface area contributed by atoms with Gasteiger partial charge >= 0.3 is 12.1 Å². The lowest BCUT2D eigenvalue weighted by atomic mass is 9.93. The molecule has 0 atom stereocenters. The highest BCUT2D eigenvalue weighted by molar-refractivity contribution is 5.87. The third-order valence-corrected chi connectivity index (χ3v) is 2.17. The third-order valence-electron chi connectivity index (χ3n) is 2.17. The molecule has 0 aromatic carbocycles. The number of alkyl carbamates (subject to hydrolysis) is 1. The maximum Gasteiger partial charge on any atom is 0.408 e. The molecule has 92 valence electrons. The van der Waals surface area contributed by atoms with Gasteiger partial charge < -0.3 is 20.1 Å². The summed E-state index contributed by atoms with van der Waals surface area (Å²) in [6.45, 7) is 6.00. The Hall–Kier alpha value is -1.30. The molecule has 0 aromatic rings. The number of amides is 1. The van der Waals surface area contributed by atoms with Gasteiger partial charge in [0.15, 0.2) is 5.54 Å². The molecule has 1 rings (SSSR count). The summed E-state index contributed by atoms with van der Waals surface area (Å²) in [5.74, 6) is -0.461. The average Bonchev–Trinajstić information content (AvgIpc) is 2.07. The highest BCUT2D eigenvalue weighted by Gasteiger charge is 2.47. The van der Waals surface area contributed by atoms with Crippen LogP contribution in [0.25, 0.3) is 0 Å². The summed E-state index contributed by atoms with van der Waals surface area (Å²) in [7, 11) is 1.29. The van der Waals surface area contributed by atoms with Gasteiger partial charge in [-0.15, -0.1) is 0 Å². The third kappa shape index (κ3) is 2.85. The van der Waals surface area contributed by atoms with Crippen molar-refractivity contribution in [3.8, 4) is 0 Å². The minimum absolute atomic E-state index is 0.360. The lowest BCUT2D eigenvalue weighted by Gasteiger charge is -2.40. The number of ether oxygens (including phenoxy) is 2. The van der Waals surface area contributed by atoms with Gasteiger partial charge in [0.2, 0.25) is 0 Å². The maximum atomic E-state index is 11.5. The van der Waals surface area contributed by atoms with Crippen molar-refractivity contribution in [2.45, 2.75) is 31.9 Å². The lowest BCUT2D eigenvalue weighted by molar-refractivity contribution is -0.150. The average molecular weight is 230 g/mol. The largest absolute Gasteiger partial charge is 0.467 e. The minimum atomic E-state index is -0.975. The second-order valence-corrected chi connectivity index (χ2v) is 4.80. The van der Waals surface area contributed by atoms with Gasteiger partial charge in [0.05, 0.1) is 7.11 Å². The van der Waals surface area contributed by atoms with Gasteiger partial charge in [-0.1, -0.05) is 0 Å².